The SMILES string of the molecule is Cc1cccc(CN2CC(C(C)(C)C)NCC2C2CC2)c1. The van der Waals surface area contributed by atoms with Crippen molar-refractivity contribution in [3.63, 3.8) is 0 Å². The molecule has 2 fully saturated rings. The Bertz CT molecular complexity index is 485. The third kappa shape index (κ3) is 3.67. The molecule has 2 unspecified atom stereocenters. The number of piperazine rings is 1. The molecule has 116 valence electrons. The van der Waals surface area contributed by atoms with Crippen LogP contribution < -0.4 is 5.32 Å². The number of hydrogen-bond donors (Lipinski definition) is 1. The molecule has 0 aromatic heterocycles. The van der Waals surface area contributed by atoms with E-state index in [1.807, 2.05) is 0 Å². The van der Waals surface area contributed by atoms with E-state index in [1.54, 1.807) is 0 Å². The third-order valence-corrected chi connectivity index (χ3v) is 5.14. The van der Waals surface area contributed by atoms with Gasteiger partial charge in [0.1, 0.15) is 0 Å². The molecule has 1 heterocycles. The van der Waals surface area contributed by atoms with E-state index in [0.29, 0.717) is 11.5 Å². The first-order valence-electron chi connectivity index (χ1n) is 8.46. The van der Waals surface area contributed by atoms with Crippen molar-refractivity contribution in [1.82, 2.24) is 10.2 Å². The van der Waals surface area contributed by atoms with Crippen molar-refractivity contribution >= 4 is 0 Å². The summed E-state index contributed by atoms with van der Waals surface area (Å²) in [5, 5.41) is 3.82. The molecule has 0 bridgehead atoms. The van der Waals surface area contributed by atoms with Gasteiger partial charge in [-0.1, -0.05) is 50.6 Å². The molecule has 3 rings (SSSR count). The van der Waals surface area contributed by atoms with Crippen LogP contribution in [-0.2, 0) is 6.54 Å². The van der Waals surface area contributed by atoms with Crippen molar-refractivity contribution in [3.8, 4) is 0 Å². The molecule has 0 amide bonds. The van der Waals surface area contributed by atoms with Crippen LogP contribution in [0.5, 0.6) is 0 Å². The zero-order valence-electron chi connectivity index (χ0n) is 14.0. The molecule has 1 saturated carbocycles. The molecule has 1 aliphatic heterocycles. The fourth-order valence-electron chi connectivity index (χ4n) is 3.58. The lowest BCUT2D eigenvalue weighted by Crippen LogP contribution is -2.60. The molecule has 1 aromatic rings. The predicted molar refractivity (Wildman–Crippen MR) is 89.3 cm³/mol. The van der Waals surface area contributed by atoms with Crippen LogP contribution in [0.3, 0.4) is 0 Å². The Morgan fingerprint density at radius 3 is 2.62 bits per heavy atom. The number of hydrogen-bond acceptors (Lipinski definition) is 2. The minimum Gasteiger partial charge on any atom is -0.311 e. The maximum absolute atomic E-state index is 3.82. The lowest BCUT2D eigenvalue weighted by Gasteiger charge is -2.45. The minimum atomic E-state index is 0.333. The van der Waals surface area contributed by atoms with Gasteiger partial charge in [0.15, 0.2) is 0 Å². The minimum absolute atomic E-state index is 0.333. The highest BCUT2D eigenvalue weighted by Gasteiger charge is 2.40. The van der Waals surface area contributed by atoms with Crippen LogP contribution in [0.4, 0.5) is 0 Å². The first-order valence-corrected chi connectivity index (χ1v) is 8.46. The van der Waals surface area contributed by atoms with Gasteiger partial charge in [-0.15, -0.1) is 0 Å². The van der Waals surface area contributed by atoms with Gasteiger partial charge in [-0.2, -0.15) is 0 Å². The van der Waals surface area contributed by atoms with E-state index in [2.05, 4.69) is 62.2 Å². The number of aryl methyl sites for hydroxylation is 1. The Morgan fingerprint density at radius 2 is 2.00 bits per heavy atom. The predicted octanol–water partition coefficient (Wildman–Crippen LogP) is 3.59. The Hall–Kier alpha value is -0.860. The topological polar surface area (TPSA) is 15.3 Å². The van der Waals surface area contributed by atoms with E-state index >= 15 is 0 Å². The maximum atomic E-state index is 3.82. The van der Waals surface area contributed by atoms with Crippen molar-refractivity contribution in [2.45, 2.75) is 59.2 Å². The van der Waals surface area contributed by atoms with Gasteiger partial charge >= 0.3 is 0 Å². The number of nitrogens with one attached hydrogen (secondary N) is 1. The number of nitrogens with zero attached hydrogens (tertiary/aromatic N) is 1. The van der Waals surface area contributed by atoms with E-state index in [4.69, 9.17) is 0 Å². The average Bonchev–Trinajstić information content (AvgIpc) is 3.22. The van der Waals surface area contributed by atoms with Gasteiger partial charge in [-0.25, -0.2) is 0 Å². The zero-order chi connectivity index (χ0) is 15.0. The Balaban J connectivity index is 1.74. The number of benzene rings is 1. The fraction of sp³-hybridized carbons (Fsp3) is 0.684. The Kier molecular flexibility index (Phi) is 4.11. The summed E-state index contributed by atoms with van der Waals surface area (Å²) in [5.41, 5.74) is 3.17. The fourth-order valence-corrected chi connectivity index (χ4v) is 3.58. The average molecular weight is 286 g/mol. The normalized spacial score (nSPS) is 27.8. The van der Waals surface area contributed by atoms with Crippen molar-refractivity contribution in [1.29, 1.82) is 0 Å². The van der Waals surface area contributed by atoms with Crippen LogP contribution in [0.1, 0.15) is 44.7 Å². The Morgan fingerprint density at radius 1 is 1.24 bits per heavy atom. The van der Waals surface area contributed by atoms with Gasteiger partial charge in [0.05, 0.1) is 0 Å². The van der Waals surface area contributed by atoms with E-state index in [-0.39, 0.29) is 0 Å². The quantitative estimate of drug-likeness (QED) is 0.913. The van der Waals surface area contributed by atoms with Crippen LogP contribution in [0, 0.1) is 18.3 Å². The van der Waals surface area contributed by atoms with Crippen LogP contribution in [0.25, 0.3) is 0 Å². The highest BCUT2D eigenvalue weighted by Crippen LogP contribution is 2.38. The summed E-state index contributed by atoms with van der Waals surface area (Å²) in [6.45, 7) is 12.7. The lowest BCUT2D eigenvalue weighted by atomic mass is 9.84. The van der Waals surface area contributed by atoms with E-state index in [0.717, 1.165) is 18.5 Å². The first-order chi connectivity index (χ1) is 9.93. The van der Waals surface area contributed by atoms with Crippen LogP contribution in [0.2, 0.25) is 0 Å². The zero-order valence-corrected chi connectivity index (χ0v) is 14.0. The van der Waals surface area contributed by atoms with E-state index in [9.17, 15) is 0 Å². The van der Waals surface area contributed by atoms with E-state index < -0.39 is 0 Å². The second kappa shape index (κ2) is 5.73. The summed E-state index contributed by atoms with van der Waals surface area (Å²) in [6.07, 6.45) is 2.85. The molecule has 21 heavy (non-hydrogen) atoms. The molecule has 0 radical (unpaired) electrons. The van der Waals surface area contributed by atoms with Gasteiger partial charge in [-0.3, -0.25) is 4.90 Å². The maximum Gasteiger partial charge on any atom is 0.0253 e. The molecule has 0 spiro atoms. The molecule has 2 aliphatic rings. The largest absolute Gasteiger partial charge is 0.311 e. The molecule has 1 saturated heterocycles. The summed E-state index contributed by atoms with van der Waals surface area (Å²) in [6, 6.07) is 10.3. The Labute approximate surface area is 129 Å². The summed E-state index contributed by atoms with van der Waals surface area (Å²) < 4.78 is 0. The second-order valence-corrected chi connectivity index (χ2v) is 8.15. The molecule has 2 heteroatoms. The highest BCUT2D eigenvalue weighted by molar-refractivity contribution is 5.22. The number of rotatable bonds is 3. The van der Waals surface area contributed by atoms with Gasteiger partial charge in [-0.05, 0) is 36.7 Å². The van der Waals surface area contributed by atoms with Crippen LogP contribution in [-0.4, -0.2) is 30.1 Å². The van der Waals surface area contributed by atoms with Crippen molar-refractivity contribution in [3.05, 3.63) is 35.4 Å². The first kappa shape index (κ1) is 15.1. The van der Waals surface area contributed by atoms with Gasteiger partial charge < -0.3 is 5.32 Å². The van der Waals surface area contributed by atoms with E-state index in [1.165, 1.54) is 37.1 Å². The van der Waals surface area contributed by atoms with Crippen molar-refractivity contribution in [2.75, 3.05) is 13.1 Å². The van der Waals surface area contributed by atoms with Gasteiger partial charge in [0.25, 0.3) is 0 Å². The van der Waals surface area contributed by atoms with Crippen molar-refractivity contribution < 1.29 is 0 Å². The summed E-state index contributed by atoms with van der Waals surface area (Å²) in [7, 11) is 0. The lowest BCUT2D eigenvalue weighted by molar-refractivity contribution is 0.0688. The molecule has 1 aromatic carbocycles. The third-order valence-electron chi connectivity index (χ3n) is 5.14. The van der Waals surface area contributed by atoms with Gasteiger partial charge in [0.2, 0.25) is 0 Å². The summed E-state index contributed by atoms with van der Waals surface area (Å²) in [5.74, 6) is 0.934. The van der Waals surface area contributed by atoms with Crippen molar-refractivity contribution in [2.24, 2.45) is 11.3 Å². The van der Waals surface area contributed by atoms with Crippen LogP contribution in [0.15, 0.2) is 24.3 Å². The molecule has 1 aliphatic carbocycles. The monoisotopic (exact) mass is 286 g/mol. The molecular weight excluding hydrogens is 256 g/mol. The van der Waals surface area contributed by atoms with Gasteiger partial charge in [0, 0.05) is 31.7 Å². The molecular formula is C19H30N2. The smallest absolute Gasteiger partial charge is 0.0253 e. The summed E-state index contributed by atoms with van der Waals surface area (Å²) >= 11 is 0. The second-order valence-electron chi connectivity index (χ2n) is 8.15. The summed E-state index contributed by atoms with van der Waals surface area (Å²) in [4.78, 5) is 2.75. The molecule has 2 atom stereocenters. The van der Waals surface area contributed by atoms with Crippen LogP contribution >= 0.6 is 0 Å². The standard InChI is InChI=1S/C19H30N2/c1-14-6-5-7-15(10-14)12-21-13-18(19(2,3)4)20-11-17(21)16-8-9-16/h5-7,10,16-18,20H,8-9,11-13H2,1-4H3. The highest BCUT2D eigenvalue weighted by atomic mass is 15.2. The molecule has 1 N–H and O–H groups in total. The molecule has 2 nitrogen and oxygen atoms in total.